The van der Waals surface area contributed by atoms with Crippen molar-refractivity contribution in [2.45, 2.75) is 33.3 Å². The number of rotatable bonds is 3. The van der Waals surface area contributed by atoms with Crippen LogP contribution in [-0.2, 0) is 9.53 Å². The quantitative estimate of drug-likeness (QED) is 0.687. The van der Waals surface area contributed by atoms with Gasteiger partial charge in [-0.25, -0.2) is 4.79 Å². The molecule has 1 aromatic rings. The molecule has 4 nitrogen and oxygen atoms in total. The van der Waals surface area contributed by atoms with Crippen molar-refractivity contribution in [3.63, 3.8) is 0 Å². The smallest absolute Gasteiger partial charge is 0.330 e. The zero-order valence-corrected chi connectivity index (χ0v) is 13.7. The van der Waals surface area contributed by atoms with E-state index in [1.54, 1.807) is 19.1 Å². The first-order chi connectivity index (χ1) is 10.9. The van der Waals surface area contributed by atoms with Crippen molar-refractivity contribution in [3.05, 3.63) is 53.1 Å². The van der Waals surface area contributed by atoms with Crippen molar-refractivity contribution < 1.29 is 14.6 Å². The summed E-state index contributed by atoms with van der Waals surface area (Å²) in [6.45, 7) is 5.92. The second kappa shape index (κ2) is 6.80. The van der Waals surface area contributed by atoms with Crippen LogP contribution < -0.4 is 0 Å². The lowest BCUT2D eigenvalue weighted by Crippen LogP contribution is -2.33. The number of ether oxygens (including phenoxy) is 1. The van der Waals surface area contributed by atoms with Gasteiger partial charge in [0.05, 0.1) is 24.3 Å². The van der Waals surface area contributed by atoms with Gasteiger partial charge in [-0.1, -0.05) is 32.1 Å². The molecule has 1 aromatic carbocycles. The first kappa shape index (κ1) is 17.0. The van der Waals surface area contributed by atoms with E-state index in [1.165, 1.54) is 6.08 Å². The van der Waals surface area contributed by atoms with E-state index >= 15 is 0 Å². The minimum absolute atomic E-state index is 0.306. The van der Waals surface area contributed by atoms with Gasteiger partial charge >= 0.3 is 5.97 Å². The molecule has 0 aromatic heterocycles. The van der Waals surface area contributed by atoms with Gasteiger partial charge in [-0.15, -0.1) is 0 Å². The second-order valence-corrected chi connectivity index (χ2v) is 6.23. The maximum Gasteiger partial charge on any atom is 0.330 e. The van der Waals surface area contributed by atoms with E-state index in [-0.39, 0.29) is 0 Å². The Morgan fingerprint density at radius 1 is 1.43 bits per heavy atom. The van der Waals surface area contributed by atoms with Gasteiger partial charge in [0.15, 0.2) is 0 Å². The number of benzene rings is 1. The van der Waals surface area contributed by atoms with Crippen LogP contribution >= 0.6 is 0 Å². The molecule has 0 heterocycles. The van der Waals surface area contributed by atoms with Crippen LogP contribution in [0.4, 0.5) is 0 Å². The third kappa shape index (κ3) is 3.88. The lowest BCUT2D eigenvalue weighted by Gasteiger charge is -2.35. The molecule has 0 aliphatic heterocycles. The average Bonchev–Trinajstić information content (AvgIpc) is 2.52. The van der Waals surface area contributed by atoms with Gasteiger partial charge in [-0.05, 0) is 42.2 Å². The molecule has 120 valence electrons. The first-order valence-corrected chi connectivity index (χ1v) is 7.65. The van der Waals surface area contributed by atoms with Crippen LogP contribution in [0.2, 0.25) is 0 Å². The van der Waals surface area contributed by atoms with E-state index < -0.39 is 17.5 Å². The Bertz CT molecular complexity index is 690. The van der Waals surface area contributed by atoms with E-state index in [0.29, 0.717) is 24.2 Å². The summed E-state index contributed by atoms with van der Waals surface area (Å²) in [6.07, 6.45) is 3.18. The van der Waals surface area contributed by atoms with Gasteiger partial charge in [0.2, 0.25) is 0 Å². The van der Waals surface area contributed by atoms with Crippen molar-refractivity contribution in [2.75, 3.05) is 6.61 Å². The zero-order chi connectivity index (χ0) is 17.0. The molecule has 1 unspecified atom stereocenters. The van der Waals surface area contributed by atoms with Gasteiger partial charge in [-0.3, -0.25) is 0 Å². The van der Waals surface area contributed by atoms with E-state index in [2.05, 4.69) is 6.07 Å². The number of nitriles is 1. The Morgan fingerprint density at radius 3 is 2.65 bits per heavy atom. The predicted octanol–water partition coefficient (Wildman–Crippen LogP) is 3.22. The van der Waals surface area contributed by atoms with Crippen molar-refractivity contribution in [3.8, 4) is 6.07 Å². The number of carbonyl (C=O) groups is 1. The van der Waals surface area contributed by atoms with Crippen molar-refractivity contribution in [1.29, 1.82) is 5.26 Å². The molecule has 0 bridgehead atoms. The molecular formula is C19H21NO3. The van der Waals surface area contributed by atoms with Gasteiger partial charge in [-0.2, -0.15) is 5.26 Å². The zero-order valence-electron chi connectivity index (χ0n) is 13.7. The Labute approximate surface area is 136 Å². The van der Waals surface area contributed by atoms with Crippen LogP contribution in [0, 0.1) is 16.7 Å². The molecule has 1 atom stereocenters. The van der Waals surface area contributed by atoms with Crippen LogP contribution in [0.5, 0.6) is 0 Å². The molecule has 0 saturated carbocycles. The fourth-order valence-corrected chi connectivity index (χ4v) is 2.78. The molecule has 1 N–H and O–H groups in total. The Hall–Kier alpha value is -2.38. The normalized spacial score (nSPS) is 21.4. The fraction of sp³-hybridized carbons (Fsp3) is 0.368. The number of carbonyl (C=O) groups excluding carboxylic acids is 1. The fourth-order valence-electron chi connectivity index (χ4n) is 2.78. The molecule has 4 heteroatoms. The lowest BCUT2D eigenvalue weighted by molar-refractivity contribution is -0.137. The van der Waals surface area contributed by atoms with E-state index in [1.807, 2.05) is 32.1 Å². The summed E-state index contributed by atoms with van der Waals surface area (Å²) in [6, 6.07) is 9.41. The highest BCUT2D eigenvalue weighted by Crippen LogP contribution is 2.40. The highest BCUT2D eigenvalue weighted by Gasteiger charge is 2.34. The number of nitrogens with zero attached hydrogens (tertiary/aromatic N) is 1. The summed E-state index contributed by atoms with van der Waals surface area (Å²) < 4.78 is 4.95. The highest BCUT2D eigenvalue weighted by atomic mass is 16.5. The Morgan fingerprint density at radius 2 is 2.09 bits per heavy atom. The van der Waals surface area contributed by atoms with Crippen molar-refractivity contribution in [1.82, 2.24) is 0 Å². The molecule has 0 saturated heterocycles. The predicted molar refractivity (Wildman–Crippen MR) is 88.3 cm³/mol. The summed E-state index contributed by atoms with van der Waals surface area (Å²) in [4.78, 5) is 11.7. The molecule has 1 aliphatic rings. The highest BCUT2D eigenvalue weighted by molar-refractivity contribution is 5.84. The Kier molecular flexibility index (Phi) is 5.02. The van der Waals surface area contributed by atoms with Gasteiger partial charge in [0.25, 0.3) is 0 Å². The Balaban J connectivity index is 2.37. The van der Waals surface area contributed by atoms with E-state index in [9.17, 15) is 9.90 Å². The van der Waals surface area contributed by atoms with E-state index in [4.69, 9.17) is 10.00 Å². The average molecular weight is 311 g/mol. The molecule has 23 heavy (non-hydrogen) atoms. The topological polar surface area (TPSA) is 70.3 Å². The van der Waals surface area contributed by atoms with Crippen LogP contribution in [0.15, 0.2) is 42.0 Å². The summed E-state index contributed by atoms with van der Waals surface area (Å²) in [5.74, 6) is -0.432. The maximum absolute atomic E-state index is 11.7. The largest absolute Gasteiger partial charge is 0.463 e. The number of hydrogen-bond donors (Lipinski definition) is 1. The molecule has 0 amide bonds. The number of allylic oxidation sites excluding steroid dienone is 1. The van der Waals surface area contributed by atoms with Gasteiger partial charge in [0.1, 0.15) is 0 Å². The maximum atomic E-state index is 11.7. The van der Waals surface area contributed by atoms with Gasteiger partial charge < -0.3 is 9.84 Å². The molecule has 0 fully saturated rings. The minimum atomic E-state index is -0.728. The summed E-state index contributed by atoms with van der Waals surface area (Å²) >= 11 is 0. The number of aliphatic hydroxyl groups is 1. The van der Waals surface area contributed by atoms with Gasteiger partial charge in [0, 0.05) is 11.5 Å². The molecule has 1 aliphatic carbocycles. The minimum Gasteiger partial charge on any atom is -0.463 e. The molecular weight excluding hydrogens is 290 g/mol. The van der Waals surface area contributed by atoms with Crippen molar-refractivity contribution >= 4 is 11.5 Å². The molecule has 2 rings (SSSR count). The second-order valence-electron chi connectivity index (χ2n) is 6.23. The van der Waals surface area contributed by atoms with Crippen LogP contribution in [0.1, 0.15) is 38.3 Å². The molecule has 0 radical (unpaired) electrons. The number of hydrogen-bond acceptors (Lipinski definition) is 4. The monoisotopic (exact) mass is 311 g/mol. The standard InChI is InChI=1S/C19H21NO3/c1-4-23-17(21)10-15-9-16(11-19(2,3)18(15)22)14-7-5-13(12-20)6-8-14/h5-8,10-11,18,22H,4,9H2,1-3H3/b15-10-. The summed E-state index contributed by atoms with van der Waals surface area (Å²) in [5, 5.41) is 19.4. The first-order valence-electron chi connectivity index (χ1n) is 7.65. The third-order valence-electron chi connectivity index (χ3n) is 3.97. The molecule has 0 spiro atoms. The van der Waals surface area contributed by atoms with Crippen molar-refractivity contribution in [2.24, 2.45) is 5.41 Å². The lowest BCUT2D eigenvalue weighted by atomic mass is 9.73. The summed E-state index contributed by atoms with van der Waals surface area (Å²) in [7, 11) is 0. The number of aliphatic hydroxyl groups excluding tert-OH is 1. The van der Waals surface area contributed by atoms with E-state index in [0.717, 1.165) is 11.1 Å². The number of esters is 1. The van der Waals surface area contributed by atoms with Crippen LogP contribution in [0.3, 0.4) is 0 Å². The SMILES string of the molecule is CCOC(=O)/C=C1/CC(c2ccc(C#N)cc2)=CC(C)(C)C1O. The van der Waals surface area contributed by atoms with Crippen LogP contribution in [-0.4, -0.2) is 23.8 Å². The third-order valence-corrected chi connectivity index (χ3v) is 3.97. The summed E-state index contributed by atoms with van der Waals surface area (Å²) in [5.41, 5.74) is 2.78. The van der Waals surface area contributed by atoms with Crippen LogP contribution in [0.25, 0.3) is 5.57 Å².